The summed E-state index contributed by atoms with van der Waals surface area (Å²) in [5.74, 6) is 1.19. The number of hydrogen-bond acceptors (Lipinski definition) is 2. The van der Waals surface area contributed by atoms with Gasteiger partial charge in [-0.1, -0.05) is 34.6 Å². The highest BCUT2D eigenvalue weighted by Gasteiger charge is 2.33. The van der Waals surface area contributed by atoms with Crippen molar-refractivity contribution in [1.82, 2.24) is 0 Å². The first-order valence-corrected chi connectivity index (χ1v) is 8.02. The molecule has 1 fully saturated rings. The number of aliphatic hydroxyl groups is 1. The molecule has 1 heterocycles. The van der Waals surface area contributed by atoms with Gasteiger partial charge in [0.1, 0.15) is 0 Å². The predicted octanol–water partition coefficient (Wildman–Crippen LogP) is 4.40. The Hall–Kier alpha value is -0.0800. The molecule has 0 aliphatic carbocycles. The molecule has 4 atom stereocenters. The lowest BCUT2D eigenvalue weighted by Crippen LogP contribution is -2.32. The largest absolute Gasteiger partial charge is 0.393 e. The molecule has 0 amide bonds. The van der Waals surface area contributed by atoms with Crippen molar-refractivity contribution in [3.63, 3.8) is 0 Å². The molecule has 1 aliphatic rings. The average molecular weight is 270 g/mol. The molecule has 19 heavy (non-hydrogen) atoms. The Labute approximate surface area is 119 Å². The number of rotatable bonds is 4. The van der Waals surface area contributed by atoms with Crippen LogP contribution >= 0.6 is 0 Å². The monoisotopic (exact) mass is 270 g/mol. The molecule has 4 unspecified atom stereocenters. The van der Waals surface area contributed by atoms with E-state index < -0.39 is 0 Å². The van der Waals surface area contributed by atoms with Crippen LogP contribution in [0, 0.1) is 17.3 Å². The zero-order valence-electron chi connectivity index (χ0n) is 13.8. The maximum atomic E-state index is 10.2. The summed E-state index contributed by atoms with van der Waals surface area (Å²) < 4.78 is 6.19. The first-order valence-electron chi connectivity index (χ1n) is 8.02. The van der Waals surface area contributed by atoms with Gasteiger partial charge in [-0.2, -0.15) is 0 Å². The van der Waals surface area contributed by atoms with E-state index in [0.29, 0.717) is 24.0 Å². The second-order valence-corrected chi connectivity index (χ2v) is 8.00. The average Bonchev–Trinajstić information content (AvgIpc) is 2.39. The molecule has 0 aromatic heterocycles. The van der Waals surface area contributed by atoms with E-state index in [4.69, 9.17) is 4.74 Å². The first-order chi connectivity index (χ1) is 8.68. The van der Waals surface area contributed by atoms with Crippen molar-refractivity contribution in [2.45, 2.75) is 92.0 Å². The van der Waals surface area contributed by atoms with Crippen LogP contribution in [-0.4, -0.2) is 23.4 Å². The zero-order valence-corrected chi connectivity index (χ0v) is 13.8. The quantitative estimate of drug-likeness (QED) is 0.820. The standard InChI is InChI=1S/C17H34O2/c1-12(2)9-15(18)10-14-8-7-13(3)19-16(11-14)17(4,5)6/h12-16,18H,7-11H2,1-6H3. The zero-order chi connectivity index (χ0) is 14.6. The summed E-state index contributed by atoms with van der Waals surface area (Å²) in [5, 5.41) is 10.2. The van der Waals surface area contributed by atoms with Crippen LogP contribution in [0.1, 0.15) is 73.6 Å². The second kappa shape index (κ2) is 7.08. The molecule has 114 valence electrons. The third-order valence-electron chi connectivity index (χ3n) is 4.24. The van der Waals surface area contributed by atoms with Gasteiger partial charge < -0.3 is 9.84 Å². The molecule has 1 aliphatic heterocycles. The van der Waals surface area contributed by atoms with Crippen molar-refractivity contribution in [3.05, 3.63) is 0 Å². The van der Waals surface area contributed by atoms with Crippen LogP contribution < -0.4 is 0 Å². The van der Waals surface area contributed by atoms with E-state index in [2.05, 4.69) is 41.5 Å². The Kier molecular flexibility index (Phi) is 6.32. The third-order valence-corrected chi connectivity index (χ3v) is 4.24. The molecule has 0 spiro atoms. The van der Waals surface area contributed by atoms with Gasteiger partial charge in [-0.3, -0.25) is 0 Å². The molecule has 0 radical (unpaired) electrons. The van der Waals surface area contributed by atoms with Crippen LogP contribution in [0.4, 0.5) is 0 Å². The summed E-state index contributed by atoms with van der Waals surface area (Å²) in [7, 11) is 0. The van der Waals surface area contributed by atoms with Crippen molar-refractivity contribution in [1.29, 1.82) is 0 Å². The Morgan fingerprint density at radius 3 is 2.37 bits per heavy atom. The van der Waals surface area contributed by atoms with E-state index in [1.54, 1.807) is 0 Å². The van der Waals surface area contributed by atoms with E-state index in [1.807, 2.05) is 0 Å². The Morgan fingerprint density at radius 1 is 1.21 bits per heavy atom. The van der Waals surface area contributed by atoms with Crippen LogP contribution in [0.3, 0.4) is 0 Å². The van der Waals surface area contributed by atoms with Crippen molar-refractivity contribution < 1.29 is 9.84 Å². The Morgan fingerprint density at radius 2 is 1.84 bits per heavy atom. The summed E-state index contributed by atoms with van der Waals surface area (Å²) in [5.41, 5.74) is 0.194. The highest BCUT2D eigenvalue weighted by atomic mass is 16.5. The van der Waals surface area contributed by atoms with Crippen molar-refractivity contribution in [3.8, 4) is 0 Å². The van der Waals surface area contributed by atoms with E-state index in [-0.39, 0.29) is 11.5 Å². The van der Waals surface area contributed by atoms with Gasteiger partial charge in [-0.15, -0.1) is 0 Å². The Bertz CT molecular complexity index is 254. The van der Waals surface area contributed by atoms with E-state index in [0.717, 1.165) is 25.7 Å². The van der Waals surface area contributed by atoms with E-state index >= 15 is 0 Å². The topological polar surface area (TPSA) is 29.5 Å². The lowest BCUT2D eigenvalue weighted by molar-refractivity contribution is -0.0592. The molecule has 0 saturated carbocycles. The fourth-order valence-corrected chi connectivity index (χ4v) is 3.09. The van der Waals surface area contributed by atoms with Crippen LogP contribution in [0.5, 0.6) is 0 Å². The smallest absolute Gasteiger partial charge is 0.0629 e. The highest BCUT2D eigenvalue weighted by molar-refractivity contribution is 4.82. The van der Waals surface area contributed by atoms with Gasteiger partial charge in [0, 0.05) is 0 Å². The molecule has 0 aromatic rings. The maximum Gasteiger partial charge on any atom is 0.0629 e. The first kappa shape index (κ1) is 17.0. The van der Waals surface area contributed by atoms with Gasteiger partial charge in [0.15, 0.2) is 0 Å². The van der Waals surface area contributed by atoms with Crippen LogP contribution in [0.2, 0.25) is 0 Å². The molecular formula is C17H34O2. The van der Waals surface area contributed by atoms with Crippen molar-refractivity contribution >= 4 is 0 Å². The number of hydrogen-bond donors (Lipinski definition) is 1. The summed E-state index contributed by atoms with van der Waals surface area (Å²) >= 11 is 0. The van der Waals surface area contributed by atoms with Crippen LogP contribution in [0.15, 0.2) is 0 Å². The third kappa shape index (κ3) is 6.27. The van der Waals surface area contributed by atoms with Crippen LogP contribution in [-0.2, 0) is 4.74 Å². The Balaban J connectivity index is 2.58. The number of ether oxygens (including phenoxy) is 1. The summed E-state index contributed by atoms with van der Waals surface area (Å²) in [6.45, 7) is 13.3. The van der Waals surface area contributed by atoms with Gasteiger partial charge in [0.25, 0.3) is 0 Å². The summed E-state index contributed by atoms with van der Waals surface area (Å²) in [6, 6.07) is 0. The predicted molar refractivity (Wildman–Crippen MR) is 81.2 cm³/mol. The maximum absolute atomic E-state index is 10.2. The lowest BCUT2D eigenvalue weighted by Gasteiger charge is -2.33. The minimum atomic E-state index is -0.140. The van der Waals surface area contributed by atoms with Gasteiger partial charge >= 0.3 is 0 Å². The molecule has 2 heteroatoms. The lowest BCUT2D eigenvalue weighted by atomic mass is 9.80. The van der Waals surface area contributed by atoms with Gasteiger partial charge in [0.2, 0.25) is 0 Å². The van der Waals surface area contributed by atoms with Crippen LogP contribution in [0.25, 0.3) is 0 Å². The number of aliphatic hydroxyl groups excluding tert-OH is 1. The summed E-state index contributed by atoms with van der Waals surface area (Å²) in [6.07, 6.45) is 5.84. The minimum Gasteiger partial charge on any atom is -0.393 e. The van der Waals surface area contributed by atoms with E-state index in [1.165, 1.54) is 6.42 Å². The van der Waals surface area contributed by atoms with E-state index in [9.17, 15) is 5.11 Å². The normalized spacial score (nSPS) is 31.3. The van der Waals surface area contributed by atoms with Gasteiger partial charge in [0.05, 0.1) is 18.3 Å². The van der Waals surface area contributed by atoms with Gasteiger partial charge in [-0.25, -0.2) is 0 Å². The molecule has 0 aromatic carbocycles. The van der Waals surface area contributed by atoms with Crippen molar-refractivity contribution in [2.75, 3.05) is 0 Å². The molecule has 2 nitrogen and oxygen atoms in total. The molecular weight excluding hydrogens is 236 g/mol. The van der Waals surface area contributed by atoms with Gasteiger partial charge in [-0.05, 0) is 56.3 Å². The highest BCUT2D eigenvalue weighted by Crippen LogP contribution is 2.36. The van der Waals surface area contributed by atoms with Crippen molar-refractivity contribution in [2.24, 2.45) is 17.3 Å². The SMILES string of the molecule is CC(C)CC(O)CC1CCC(C)OC(C(C)(C)C)C1. The second-order valence-electron chi connectivity index (χ2n) is 8.00. The molecule has 0 bridgehead atoms. The molecule has 1 saturated heterocycles. The molecule has 1 rings (SSSR count). The summed E-state index contributed by atoms with van der Waals surface area (Å²) in [4.78, 5) is 0. The molecule has 1 N–H and O–H groups in total. The fourth-order valence-electron chi connectivity index (χ4n) is 3.09. The minimum absolute atomic E-state index is 0.140. The fraction of sp³-hybridized carbons (Fsp3) is 1.00.